The third-order valence-electron chi connectivity index (χ3n) is 1.41. The van der Waals surface area contributed by atoms with Crippen molar-refractivity contribution in [1.82, 2.24) is 5.32 Å². The van der Waals surface area contributed by atoms with Crippen LogP contribution in [0.25, 0.3) is 0 Å². The van der Waals surface area contributed by atoms with E-state index in [9.17, 15) is 18.0 Å². The van der Waals surface area contributed by atoms with Gasteiger partial charge in [-0.3, -0.25) is 4.79 Å². The lowest BCUT2D eigenvalue weighted by Gasteiger charge is -2.12. The molecular weight excluding hydrogens is 171 g/mol. The highest BCUT2D eigenvalue weighted by Gasteiger charge is 2.36. The van der Waals surface area contributed by atoms with Crippen molar-refractivity contribution in [2.24, 2.45) is 0 Å². The fourth-order valence-corrected chi connectivity index (χ4v) is 0.757. The van der Waals surface area contributed by atoms with Gasteiger partial charge in [-0.2, -0.15) is 13.2 Å². The molecule has 0 aromatic heterocycles. The van der Waals surface area contributed by atoms with Crippen LogP contribution >= 0.6 is 0 Å². The molecule has 0 saturated heterocycles. The number of halogens is 3. The summed E-state index contributed by atoms with van der Waals surface area (Å²) in [6.45, 7) is 1.09. The van der Waals surface area contributed by atoms with Crippen molar-refractivity contribution in [3.05, 3.63) is 23.4 Å². The lowest BCUT2D eigenvalue weighted by Crippen LogP contribution is -2.23. The first-order valence-corrected chi connectivity index (χ1v) is 3.05. The van der Waals surface area contributed by atoms with E-state index in [0.717, 1.165) is 6.92 Å². The van der Waals surface area contributed by atoms with Crippen LogP contribution in [0.3, 0.4) is 0 Å². The molecule has 0 atom stereocenters. The minimum atomic E-state index is -4.50. The Morgan fingerprint density at radius 2 is 2.08 bits per heavy atom. The van der Waals surface area contributed by atoms with Crippen molar-refractivity contribution < 1.29 is 18.0 Å². The van der Waals surface area contributed by atoms with E-state index < -0.39 is 17.7 Å². The van der Waals surface area contributed by atoms with E-state index in [1.54, 1.807) is 0 Å². The van der Waals surface area contributed by atoms with Crippen LogP contribution in [0.15, 0.2) is 17.2 Å². The molecule has 2 nitrogen and oxygen atoms in total. The van der Waals surface area contributed by atoms with Crippen LogP contribution in [-0.4, -0.2) is 12.1 Å². The van der Waals surface area contributed by atoms with Crippen molar-refractivity contribution in [2.75, 3.05) is 0 Å². The van der Waals surface area contributed by atoms with Crippen LogP contribution in [0.2, 0.25) is 0 Å². The molecule has 2 radical (unpaired) electrons. The number of hydrogen-bond acceptors (Lipinski definition) is 1. The topological polar surface area (TPSA) is 31.2 Å². The molecule has 0 fully saturated rings. The zero-order chi connectivity index (χ0) is 9.35. The summed E-state index contributed by atoms with van der Waals surface area (Å²) in [4.78, 5) is 10.6. The molecule has 0 saturated carbocycles. The van der Waals surface area contributed by atoms with Gasteiger partial charge < -0.3 is 0 Å². The Morgan fingerprint density at radius 1 is 1.50 bits per heavy atom. The molecule has 0 bridgehead atoms. The highest BCUT2D eigenvalue weighted by atomic mass is 19.4. The predicted octanol–water partition coefficient (Wildman–Crippen LogP) is 1.33. The Kier molecular flexibility index (Phi) is 1.95. The Morgan fingerprint density at radius 3 is 2.50 bits per heavy atom. The average Bonchev–Trinajstić information content (AvgIpc) is 1.92. The Labute approximate surface area is 66.8 Å². The summed E-state index contributed by atoms with van der Waals surface area (Å²) in [5, 5.41) is 3.07. The lowest BCUT2D eigenvalue weighted by molar-refractivity contribution is -0.119. The maximum Gasteiger partial charge on any atom is 0.416 e. The first-order valence-electron chi connectivity index (χ1n) is 3.05. The first-order chi connectivity index (χ1) is 5.43. The minimum absolute atomic E-state index is 0.388. The standard InChI is InChI=1S/C7H4F3NO/c1-4-5(7(8,9)10)2-3-11-6(4)12/h2H,1H3. The Bertz CT molecular complexity index is 275. The van der Waals surface area contributed by atoms with E-state index in [1.165, 1.54) is 0 Å². The molecule has 0 aromatic rings. The van der Waals surface area contributed by atoms with E-state index in [-0.39, 0.29) is 5.57 Å². The molecule has 1 aliphatic heterocycles. The monoisotopic (exact) mass is 175 g/mol. The lowest BCUT2D eigenvalue weighted by atomic mass is 10.1. The summed E-state index contributed by atoms with van der Waals surface area (Å²) < 4.78 is 36.1. The normalized spacial score (nSPS) is 18.2. The van der Waals surface area contributed by atoms with Crippen molar-refractivity contribution in [3.63, 3.8) is 0 Å². The molecule has 0 aromatic carbocycles. The van der Waals surface area contributed by atoms with Gasteiger partial charge in [0, 0.05) is 5.57 Å². The van der Waals surface area contributed by atoms with Crippen LogP contribution in [0, 0.1) is 6.20 Å². The van der Waals surface area contributed by atoms with E-state index in [4.69, 9.17) is 0 Å². The van der Waals surface area contributed by atoms with E-state index in [2.05, 4.69) is 5.32 Å². The maximum absolute atomic E-state index is 12.0. The first kappa shape index (κ1) is 8.83. The summed E-state index contributed by atoms with van der Waals surface area (Å²) in [7, 11) is 0. The van der Waals surface area contributed by atoms with Crippen molar-refractivity contribution in [3.8, 4) is 0 Å². The second-order valence-corrected chi connectivity index (χ2v) is 2.23. The maximum atomic E-state index is 12.0. The van der Waals surface area contributed by atoms with Gasteiger partial charge in [-0.15, -0.1) is 0 Å². The van der Waals surface area contributed by atoms with Crippen LogP contribution in [0.1, 0.15) is 6.92 Å². The van der Waals surface area contributed by atoms with E-state index in [0.29, 0.717) is 6.08 Å². The van der Waals surface area contributed by atoms with E-state index in [1.807, 2.05) is 6.20 Å². The van der Waals surface area contributed by atoms with E-state index >= 15 is 0 Å². The number of amides is 1. The highest BCUT2D eigenvalue weighted by molar-refractivity contribution is 5.95. The largest absolute Gasteiger partial charge is 0.416 e. The molecule has 1 heterocycles. The van der Waals surface area contributed by atoms with Gasteiger partial charge in [0.2, 0.25) is 0 Å². The molecular formula is C7H4F3NO. The molecule has 1 amide bonds. The average molecular weight is 175 g/mol. The van der Waals surface area contributed by atoms with Crippen LogP contribution < -0.4 is 5.32 Å². The molecule has 1 aliphatic rings. The number of alkyl halides is 3. The zero-order valence-corrected chi connectivity index (χ0v) is 6.07. The number of allylic oxidation sites excluding steroid dienone is 2. The second kappa shape index (κ2) is 2.66. The molecule has 0 aliphatic carbocycles. The summed E-state index contributed by atoms with van der Waals surface area (Å²) in [5.74, 6) is -0.884. The summed E-state index contributed by atoms with van der Waals surface area (Å²) in [6.07, 6.45) is -1.94. The number of hydrogen-bond donors (Lipinski definition) is 0. The van der Waals surface area contributed by atoms with Gasteiger partial charge in [0.05, 0.1) is 11.8 Å². The third-order valence-corrected chi connectivity index (χ3v) is 1.41. The van der Waals surface area contributed by atoms with Gasteiger partial charge in [-0.25, -0.2) is 5.32 Å². The van der Waals surface area contributed by atoms with Gasteiger partial charge in [0.15, 0.2) is 0 Å². The smallest absolute Gasteiger partial charge is 0.267 e. The van der Waals surface area contributed by atoms with Gasteiger partial charge in [0.1, 0.15) is 0 Å². The summed E-state index contributed by atoms with van der Waals surface area (Å²) in [6, 6.07) is 0. The SMILES string of the molecule is CC1=C(C(F)(F)F)C=[C][N]C1=O. The second-order valence-electron chi connectivity index (χ2n) is 2.23. The van der Waals surface area contributed by atoms with Crippen LogP contribution in [0.5, 0.6) is 0 Å². The molecule has 12 heavy (non-hydrogen) atoms. The highest BCUT2D eigenvalue weighted by Crippen LogP contribution is 2.30. The quantitative estimate of drug-likeness (QED) is 0.546. The predicted molar refractivity (Wildman–Crippen MR) is 33.7 cm³/mol. The fraction of sp³-hybridized carbons (Fsp3) is 0.286. The molecule has 1 rings (SSSR count). The molecule has 5 heteroatoms. The Balaban J connectivity index is 3.10. The number of carbonyl (C=O) groups is 1. The van der Waals surface area contributed by atoms with Crippen molar-refractivity contribution in [1.29, 1.82) is 0 Å². The number of nitrogens with zero attached hydrogens (tertiary/aromatic N) is 1. The van der Waals surface area contributed by atoms with Crippen LogP contribution in [-0.2, 0) is 4.79 Å². The third kappa shape index (κ3) is 1.49. The minimum Gasteiger partial charge on any atom is -0.267 e. The zero-order valence-electron chi connectivity index (χ0n) is 6.07. The van der Waals surface area contributed by atoms with Gasteiger partial charge >= 0.3 is 6.18 Å². The van der Waals surface area contributed by atoms with Crippen LogP contribution in [0.4, 0.5) is 13.2 Å². The Hall–Kier alpha value is -1.26. The van der Waals surface area contributed by atoms with Gasteiger partial charge in [-0.05, 0) is 13.0 Å². The van der Waals surface area contributed by atoms with Gasteiger partial charge in [-0.1, -0.05) is 0 Å². The number of carbonyl (C=O) groups excluding carboxylic acids is 1. The van der Waals surface area contributed by atoms with Gasteiger partial charge in [0.25, 0.3) is 5.91 Å². The molecule has 64 valence electrons. The summed E-state index contributed by atoms with van der Waals surface area (Å²) >= 11 is 0. The fourth-order valence-electron chi connectivity index (χ4n) is 0.757. The summed E-state index contributed by atoms with van der Waals surface area (Å²) in [5.41, 5.74) is -1.36. The number of rotatable bonds is 0. The molecule has 0 spiro atoms. The molecule has 0 unspecified atom stereocenters. The van der Waals surface area contributed by atoms with Crippen molar-refractivity contribution in [2.45, 2.75) is 13.1 Å². The van der Waals surface area contributed by atoms with Crippen molar-refractivity contribution >= 4 is 5.91 Å². The molecule has 0 N–H and O–H groups in total.